The molecule has 2 aromatic carbocycles. The Hall–Kier alpha value is -3.13. The number of fused-ring (bicyclic) bond motifs is 1. The maximum Gasteiger partial charge on any atom is 0.313 e. The summed E-state index contributed by atoms with van der Waals surface area (Å²) in [6, 6.07) is 10.9. The fraction of sp³-hybridized carbons (Fsp3) is 0.211. The second-order valence-corrected chi connectivity index (χ2v) is 6.90. The molecule has 0 saturated carbocycles. The van der Waals surface area contributed by atoms with E-state index in [4.69, 9.17) is 22.7 Å². The molecule has 0 unspecified atom stereocenters. The second kappa shape index (κ2) is 8.26. The number of guanidine groups is 1. The quantitative estimate of drug-likeness (QED) is 0.304. The molecule has 0 aromatic heterocycles. The van der Waals surface area contributed by atoms with Crippen molar-refractivity contribution in [3.8, 4) is 0 Å². The van der Waals surface area contributed by atoms with Crippen LogP contribution in [0.2, 0.25) is 5.02 Å². The lowest BCUT2D eigenvalue weighted by Gasteiger charge is -2.22. The van der Waals surface area contributed by atoms with E-state index < -0.39 is 23.7 Å². The van der Waals surface area contributed by atoms with Gasteiger partial charge in [0.15, 0.2) is 5.96 Å². The van der Waals surface area contributed by atoms with Gasteiger partial charge in [0.05, 0.1) is 11.1 Å². The summed E-state index contributed by atoms with van der Waals surface area (Å²) in [6.45, 7) is 0.374. The van der Waals surface area contributed by atoms with Gasteiger partial charge >= 0.3 is 11.8 Å². The summed E-state index contributed by atoms with van der Waals surface area (Å²) in [5, 5.41) is 15.1. The molecule has 0 aliphatic heterocycles. The molecule has 7 nitrogen and oxygen atoms in total. The van der Waals surface area contributed by atoms with Crippen LogP contribution in [0.4, 0.5) is 10.1 Å². The fourth-order valence-corrected chi connectivity index (χ4v) is 3.39. The number of hydrogen-bond acceptors (Lipinski definition) is 3. The molecule has 3 rings (SSSR count). The van der Waals surface area contributed by atoms with Crippen molar-refractivity contribution in [1.82, 2.24) is 10.6 Å². The molecule has 0 spiro atoms. The van der Waals surface area contributed by atoms with Crippen LogP contribution in [0.1, 0.15) is 17.2 Å². The molecule has 0 heterocycles. The molecule has 1 aliphatic rings. The highest BCUT2D eigenvalue weighted by atomic mass is 35.5. The minimum atomic E-state index is -0.913. The van der Waals surface area contributed by atoms with E-state index in [0.717, 1.165) is 17.2 Å². The first-order valence-corrected chi connectivity index (χ1v) is 8.95. The highest BCUT2D eigenvalue weighted by Crippen LogP contribution is 2.35. The molecule has 2 amide bonds. The van der Waals surface area contributed by atoms with E-state index in [2.05, 4.69) is 16.0 Å². The third kappa shape index (κ3) is 4.40. The number of amides is 2. The van der Waals surface area contributed by atoms with E-state index in [9.17, 15) is 14.0 Å². The molecule has 146 valence electrons. The monoisotopic (exact) mass is 403 g/mol. The number of carbonyl (C=O) groups is 2. The highest BCUT2D eigenvalue weighted by molar-refractivity contribution is 6.39. The molecule has 0 bridgehead atoms. The van der Waals surface area contributed by atoms with Crippen molar-refractivity contribution >= 4 is 35.1 Å². The van der Waals surface area contributed by atoms with Gasteiger partial charge in [-0.2, -0.15) is 0 Å². The Morgan fingerprint density at radius 3 is 2.68 bits per heavy atom. The van der Waals surface area contributed by atoms with Crippen molar-refractivity contribution < 1.29 is 14.0 Å². The summed E-state index contributed by atoms with van der Waals surface area (Å²) in [4.78, 5) is 24.7. The number of halogens is 2. The SMILES string of the molecule is N=C(N)NC[C@H]1Cc2ccccc2[C@@H]1NC(=O)C(=O)Nc1ccc(Cl)c(F)c1. The van der Waals surface area contributed by atoms with Gasteiger partial charge in [-0.15, -0.1) is 0 Å². The Morgan fingerprint density at radius 1 is 1.21 bits per heavy atom. The van der Waals surface area contributed by atoms with Crippen molar-refractivity contribution in [2.75, 3.05) is 11.9 Å². The maximum absolute atomic E-state index is 13.5. The number of benzene rings is 2. The van der Waals surface area contributed by atoms with Crippen LogP contribution in [0, 0.1) is 17.1 Å². The predicted molar refractivity (Wildman–Crippen MR) is 104 cm³/mol. The summed E-state index contributed by atoms with van der Waals surface area (Å²) in [7, 11) is 0. The molecule has 28 heavy (non-hydrogen) atoms. The first-order valence-electron chi connectivity index (χ1n) is 8.57. The lowest BCUT2D eigenvalue weighted by atomic mass is 10.0. The van der Waals surface area contributed by atoms with Crippen molar-refractivity contribution in [1.29, 1.82) is 5.41 Å². The Balaban J connectivity index is 1.71. The zero-order valence-corrected chi connectivity index (χ0v) is 15.5. The Kier molecular flexibility index (Phi) is 5.79. The number of carbonyl (C=O) groups excluding carboxylic acids is 2. The summed E-state index contributed by atoms with van der Waals surface area (Å²) in [6.07, 6.45) is 0.672. The van der Waals surface area contributed by atoms with E-state index in [0.29, 0.717) is 13.0 Å². The molecular formula is C19H19ClFN5O2. The first kappa shape index (κ1) is 19.6. The lowest BCUT2D eigenvalue weighted by Crippen LogP contribution is -2.42. The van der Waals surface area contributed by atoms with E-state index in [-0.39, 0.29) is 22.6 Å². The van der Waals surface area contributed by atoms with E-state index in [1.54, 1.807) is 0 Å². The standard InChI is InChI=1S/C19H19ClFN5O2/c20-14-6-5-12(8-15(14)21)25-17(27)18(28)26-16-11(9-24-19(22)23)7-10-3-1-2-4-13(10)16/h1-6,8,11,16H,7,9H2,(H,25,27)(H,26,28)(H4,22,23,24)/t11-,16-/m1/s1. The van der Waals surface area contributed by atoms with E-state index in [1.165, 1.54) is 12.1 Å². The number of nitrogens with one attached hydrogen (secondary N) is 4. The van der Waals surface area contributed by atoms with Crippen molar-refractivity contribution in [3.63, 3.8) is 0 Å². The van der Waals surface area contributed by atoms with Crippen LogP contribution < -0.4 is 21.7 Å². The van der Waals surface area contributed by atoms with Gasteiger partial charge in [0.1, 0.15) is 5.82 Å². The molecule has 2 aromatic rings. The average Bonchev–Trinajstić information content (AvgIpc) is 3.00. The van der Waals surface area contributed by atoms with Gasteiger partial charge < -0.3 is 21.7 Å². The zero-order chi connectivity index (χ0) is 20.3. The molecule has 2 atom stereocenters. The minimum Gasteiger partial charge on any atom is -0.370 e. The largest absolute Gasteiger partial charge is 0.370 e. The Morgan fingerprint density at radius 2 is 1.96 bits per heavy atom. The van der Waals surface area contributed by atoms with Crippen LogP contribution in [-0.2, 0) is 16.0 Å². The third-order valence-electron chi connectivity index (χ3n) is 4.57. The summed E-state index contributed by atoms with van der Waals surface area (Å²) in [5.41, 5.74) is 7.46. The van der Waals surface area contributed by atoms with Crippen molar-refractivity contribution in [3.05, 3.63) is 64.4 Å². The van der Waals surface area contributed by atoms with Crippen LogP contribution in [0.3, 0.4) is 0 Å². The van der Waals surface area contributed by atoms with Crippen LogP contribution in [0.25, 0.3) is 0 Å². The predicted octanol–water partition coefficient (Wildman–Crippen LogP) is 1.93. The van der Waals surface area contributed by atoms with E-state index >= 15 is 0 Å². The summed E-state index contributed by atoms with van der Waals surface area (Å²) >= 11 is 5.61. The van der Waals surface area contributed by atoms with Gasteiger partial charge in [-0.05, 0) is 35.7 Å². The zero-order valence-electron chi connectivity index (χ0n) is 14.8. The smallest absolute Gasteiger partial charge is 0.313 e. The molecule has 9 heteroatoms. The normalized spacial score (nSPS) is 17.5. The van der Waals surface area contributed by atoms with Crippen LogP contribution in [-0.4, -0.2) is 24.3 Å². The maximum atomic E-state index is 13.5. The van der Waals surface area contributed by atoms with Gasteiger partial charge in [-0.3, -0.25) is 15.0 Å². The Labute approximate surface area is 166 Å². The molecule has 0 radical (unpaired) electrons. The topological polar surface area (TPSA) is 120 Å². The summed E-state index contributed by atoms with van der Waals surface area (Å²) in [5.74, 6) is -2.69. The van der Waals surface area contributed by atoms with Crippen LogP contribution >= 0.6 is 11.6 Å². The number of anilines is 1. The second-order valence-electron chi connectivity index (χ2n) is 6.49. The number of nitrogens with two attached hydrogens (primary N) is 1. The van der Waals surface area contributed by atoms with Gasteiger partial charge in [-0.25, -0.2) is 4.39 Å². The van der Waals surface area contributed by atoms with E-state index in [1.807, 2.05) is 24.3 Å². The average molecular weight is 404 g/mol. The van der Waals surface area contributed by atoms with Gasteiger partial charge in [0.25, 0.3) is 0 Å². The number of rotatable bonds is 4. The molecule has 0 fully saturated rings. The molecule has 0 saturated heterocycles. The minimum absolute atomic E-state index is 0.0778. The van der Waals surface area contributed by atoms with Gasteiger partial charge in [0, 0.05) is 18.2 Å². The highest BCUT2D eigenvalue weighted by Gasteiger charge is 2.34. The van der Waals surface area contributed by atoms with Gasteiger partial charge in [-0.1, -0.05) is 35.9 Å². The number of hydrogen-bond donors (Lipinski definition) is 5. The van der Waals surface area contributed by atoms with Crippen LogP contribution in [0.5, 0.6) is 0 Å². The first-order chi connectivity index (χ1) is 13.3. The summed E-state index contributed by atoms with van der Waals surface area (Å²) < 4.78 is 13.5. The third-order valence-corrected chi connectivity index (χ3v) is 4.88. The Bertz CT molecular complexity index is 936. The lowest BCUT2D eigenvalue weighted by molar-refractivity contribution is -0.136. The van der Waals surface area contributed by atoms with Crippen molar-refractivity contribution in [2.24, 2.45) is 11.7 Å². The van der Waals surface area contributed by atoms with Crippen molar-refractivity contribution in [2.45, 2.75) is 12.5 Å². The van der Waals surface area contributed by atoms with Gasteiger partial charge in [0.2, 0.25) is 0 Å². The van der Waals surface area contributed by atoms with Crippen LogP contribution in [0.15, 0.2) is 42.5 Å². The fourth-order valence-electron chi connectivity index (χ4n) is 3.27. The molecule has 1 aliphatic carbocycles. The molecular weight excluding hydrogens is 385 g/mol. The molecule has 6 N–H and O–H groups in total.